The standard InChI is InChI=1S/C24H20N2O7/c1-4-21(27)25-18-15-19(32-3)20(14-17(18)24(30)31)33-13-9-12-26(22(28)5-2)23(29)16-10-7-6-8-11-16/h1-2,6-8,10-11,14-15H,9,12-13H2,3H3,(H,25,27)(H,30,31). The Bertz CT molecular complexity index is 1140. The summed E-state index contributed by atoms with van der Waals surface area (Å²) in [4.78, 5) is 48.6. The second kappa shape index (κ2) is 11.6. The molecule has 168 valence electrons. The molecule has 0 saturated carbocycles. The summed E-state index contributed by atoms with van der Waals surface area (Å²) >= 11 is 0. The zero-order chi connectivity index (χ0) is 24.4. The number of anilines is 1. The number of hydrogen-bond donors (Lipinski definition) is 2. The number of amides is 3. The first-order chi connectivity index (χ1) is 15.8. The lowest BCUT2D eigenvalue weighted by Crippen LogP contribution is -2.37. The van der Waals surface area contributed by atoms with Crippen LogP contribution in [0, 0.1) is 24.7 Å². The monoisotopic (exact) mass is 448 g/mol. The van der Waals surface area contributed by atoms with Crippen LogP contribution in [-0.2, 0) is 9.59 Å². The molecule has 0 unspecified atom stereocenters. The fraction of sp³-hybridized carbons (Fsp3) is 0.167. The van der Waals surface area contributed by atoms with Gasteiger partial charge in [-0.25, -0.2) is 4.79 Å². The summed E-state index contributed by atoms with van der Waals surface area (Å²) in [5, 5.41) is 11.7. The number of nitrogens with zero attached hydrogens (tertiary/aromatic N) is 1. The summed E-state index contributed by atoms with van der Waals surface area (Å²) in [6, 6.07) is 10.6. The van der Waals surface area contributed by atoms with Gasteiger partial charge in [0.05, 0.1) is 25.0 Å². The maximum atomic E-state index is 12.6. The maximum absolute atomic E-state index is 12.6. The molecule has 2 aromatic rings. The first-order valence-corrected chi connectivity index (χ1v) is 9.55. The van der Waals surface area contributed by atoms with Gasteiger partial charge in [-0.05, 0) is 30.4 Å². The molecule has 9 nitrogen and oxygen atoms in total. The average molecular weight is 448 g/mol. The van der Waals surface area contributed by atoms with E-state index in [4.69, 9.17) is 22.3 Å². The van der Waals surface area contributed by atoms with Crippen molar-refractivity contribution in [1.29, 1.82) is 0 Å². The van der Waals surface area contributed by atoms with Crippen molar-refractivity contribution in [1.82, 2.24) is 4.90 Å². The summed E-state index contributed by atoms with van der Waals surface area (Å²) in [5.41, 5.74) is -0.0221. The van der Waals surface area contributed by atoms with Crippen molar-refractivity contribution in [2.45, 2.75) is 6.42 Å². The van der Waals surface area contributed by atoms with Gasteiger partial charge in [-0.1, -0.05) is 18.2 Å². The Morgan fingerprint density at radius 3 is 2.33 bits per heavy atom. The second-order valence-electron chi connectivity index (χ2n) is 6.43. The van der Waals surface area contributed by atoms with Crippen LogP contribution in [0.4, 0.5) is 5.69 Å². The lowest BCUT2D eigenvalue weighted by molar-refractivity contribution is -0.122. The summed E-state index contributed by atoms with van der Waals surface area (Å²) in [6.07, 6.45) is 10.4. The molecule has 0 atom stereocenters. The van der Waals surface area contributed by atoms with Crippen LogP contribution in [0.25, 0.3) is 0 Å². The lowest BCUT2D eigenvalue weighted by Gasteiger charge is -2.19. The number of benzene rings is 2. The van der Waals surface area contributed by atoms with Crippen LogP contribution in [0.3, 0.4) is 0 Å². The summed E-state index contributed by atoms with van der Waals surface area (Å²) in [5.74, 6) is 0.503. The molecule has 0 aliphatic rings. The van der Waals surface area contributed by atoms with Crippen molar-refractivity contribution >= 4 is 29.4 Å². The number of carboxylic acids is 1. The Labute approximate surface area is 190 Å². The molecular formula is C24H20N2O7. The number of ether oxygens (including phenoxy) is 2. The van der Waals surface area contributed by atoms with E-state index in [0.717, 1.165) is 4.90 Å². The van der Waals surface area contributed by atoms with Crippen molar-refractivity contribution in [2.75, 3.05) is 25.6 Å². The van der Waals surface area contributed by atoms with Gasteiger partial charge in [-0.3, -0.25) is 19.3 Å². The van der Waals surface area contributed by atoms with Crippen LogP contribution in [0.2, 0.25) is 0 Å². The van der Waals surface area contributed by atoms with E-state index < -0.39 is 23.7 Å². The average Bonchev–Trinajstić information content (AvgIpc) is 2.83. The number of nitrogens with one attached hydrogen (secondary N) is 1. The van der Waals surface area contributed by atoms with Crippen LogP contribution in [0.1, 0.15) is 27.1 Å². The molecule has 0 aromatic heterocycles. The van der Waals surface area contributed by atoms with Gasteiger partial charge >= 0.3 is 11.9 Å². The largest absolute Gasteiger partial charge is 0.493 e. The molecule has 0 radical (unpaired) electrons. The Kier molecular flexibility index (Phi) is 8.60. The van der Waals surface area contributed by atoms with Crippen molar-refractivity contribution in [3.05, 3.63) is 53.6 Å². The summed E-state index contributed by atoms with van der Waals surface area (Å²) in [7, 11) is 1.33. The summed E-state index contributed by atoms with van der Waals surface area (Å²) in [6.45, 7) is -0.0247. The Balaban J connectivity index is 2.14. The molecule has 3 amide bonds. The van der Waals surface area contributed by atoms with Gasteiger partial charge in [-0.15, -0.1) is 12.8 Å². The highest BCUT2D eigenvalue weighted by Crippen LogP contribution is 2.34. The number of imide groups is 1. The minimum absolute atomic E-state index is 0.00189. The van der Waals surface area contributed by atoms with Gasteiger partial charge in [0, 0.05) is 24.2 Å². The van der Waals surface area contributed by atoms with Crippen molar-refractivity contribution in [2.24, 2.45) is 0 Å². The Morgan fingerprint density at radius 1 is 1.06 bits per heavy atom. The number of aromatic carboxylic acids is 1. The number of carboxylic acid groups (broad SMARTS) is 1. The van der Waals surface area contributed by atoms with Crippen LogP contribution >= 0.6 is 0 Å². The van der Waals surface area contributed by atoms with Gasteiger partial charge in [-0.2, -0.15) is 0 Å². The van der Waals surface area contributed by atoms with Crippen LogP contribution in [0.15, 0.2) is 42.5 Å². The SMILES string of the molecule is C#CC(=O)Nc1cc(OC)c(OCCCN(C(=O)C#C)C(=O)c2ccccc2)cc1C(=O)O. The van der Waals surface area contributed by atoms with Gasteiger partial charge in [0.1, 0.15) is 0 Å². The molecule has 0 heterocycles. The highest BCUT2D eigenvalue weighted by Gasteiger charge is 2.22. The summed E-state index contributed by atoms with van der Waals surface area (Å²) < 4.78 is 10.8. The third kappa shape index (κ3) is 6.36. The highest BCUT2D eigenvalue weighted by molar-refractivity contribution is 6.10. The van der Waals surface area contributed by atoms with E-state index in [2.05, 4.69) is 5.32 Å². The van der Waals surface area contributed by atoms with Gasteiger partial charge in [0.25, 0.3) is 11.8 Å². The second-order valence-corrected chi connectivity index (χ2v) is 6.43. The first-order valence-electron chi connectivity index (χ1n) is 9.55. The quantitative estimate of drug-likeness (QED) is 0.445. The van der Waals surface area contributed by atoms with Crippen molar-refractivity contribution in [3.63, 3.8) is 0 Å². The van der Waals surface area contributed by atoms with E-state index >= 15 is 0 Å². The Morgan fingerprint density at radius 2 is 1.76 bits per heavy atom. The molecule has 0 saturated heterocycles. The van der Waals surface area contributed by atoms with E-state index in [9.17, 15) is 24.3 Å². The third-order valence-electron chi connectivity index (χ3n) is 4.33. The minimum atomic E-state index is -1.32. The first kappa shape index (κ1) is 24.5. The van der Waals surface area contributed by atoms with E-state index in [-0.39, 0.29) is 42.3 Å². The zero-order valence-corrected chi connectivity index (χ0v) is 17.7. The Hall–Kier alpha value is -4.76. The lowest BCUT2D eigenvalue weighted by atomic mass is 10.1. The topological polar surface area (TPSA) is 122 Å². The molecule has 2 rings (SSSR count). The van der Waals surface area contributed by atoms with Crippen molar-refractivity contribution < 1.29 is 33.8 Å². The third-order valence-corrected chi connectivity index (χ3v) is 4.33. The van der Waals surface area contributed by atoms with Crippen LogP contribution in [-0.4, -0.2) is 54.0 Å². The van der Waals surface area contributed by atoms with Gasteiger partial charge in [0.15, 0.2) is 11.5 Å². The van der Waals surface area contributed by atoms with E-state index in [1.54, 1.807) is 30.3 Å². The smallest absolute Gasteiger partial charge is 0.337 e. The molecule has 0 bridgehead atoms. The molecule has 0 fully saturated rings. The molecule has 33 heavy (non-hydrogen) atoms. The number of methoxy groups -OCH3 is 1. The van der Waals surface area contributed by atoms with Crippen molar-refractivity contribution in [3.8, 4) is 36.2 Å². The van der Waals surface area contributed by atoms with E-state index in [0.29, 0.717) is 5.56 Å². The van der Waals surface area contributed by atoms with Crippen LogP contribution in [0.5, 0.6) is 11.5 Å². The molecule has 2 aromatic carbocycles. The molecule has 9 heteroatoms. The molecular weight excluding hydrogens is 428 g/mol. The van der Waals surface area contributed by atoms with Crippen LogP contribution < -0.4 is 14.8 Å². The maximum Gasteiger partial charge on any atom is 0.337 e. The highest BCUT2D eigenvalue weighted by atomic mass is 16.5. The van der Waals surface area contributed by atoms with E-state index in [1.807, 2.05) is 11.8 Å². The molecule has 0 aliphatic heterocycles. The minimum Gasteiger partial charge on any atom is -0.493 e. The molecule has 0 aliphatic carbocycles. The predicted octanol–water partition coefficient (Wildman–Crippen LogP) is 2.04. The number of rotatable bonds is 9. The molecule has 2 N–H and O–H groups in total. The fourth-order valence-electron chi connectivity index (χ4n) is 2.79. The predicted molar refractivity (Wildman–Crippen MR) is 119 cm³/mol. The number of terminal acetylenes is 2. The normalized spacial score (nSPS) is 9.67. The fourth-order valence-corrected chi connectivity index (χ4v) is 2.79. The number of hydrogen-bond acceptors (Lipinski definition) is 6. The van der Waals surface area contributed by atoms with Gasteiger partial charge < -0.3 is 19.9 Å². The molecule has 0 spiro atoms. The zero-order valence-electron chi connectivity index (χ0n) is 17.7. The van der Waals surface area contributed by atoms with Gasteiger partial charge in [0.2, 0.25) is 0 Å². The number of carbonyl (C=O) groups excluding carboxylic acids is 3. The number of carbonyl (C=O) groups is 4. The van der Waals surface area contributed by atoms with E-state index in [1.165, 1.54) is 19.2 Å².